The molecule has 3 rings (SSSR count). The molecule has 8 nitrogen and oxygen atoms in total. The molecule has 8 heteroatoms. The van der Waals surface area contributed by atoms with Crippen LogP contribution in [-0.4, -0.2) is 77.0 Å². The van der Waals surface area contributed by atoms with Gasteiger partial charge in [0.2, 0.25) is 11.8 Å². The highest BCUT2D eigenvalue weighted by Gasteiger charge is 2.35. The summed E-state index contributed by atoms with van der Waals surface area (Å²) < 4.78 is 7.17. The molecule has 1 fully saturated rings. The molecular weight excluding hydrogens is 358 g/mol. The van der Waals surface area contributed by atoms with Crippen LogP contribution < -0.4 is 5.32 Å². The number of rotatable bonds is 6. The van der Waals surface area contributed by atoms with Crippen LogP contribution in [0.4, 0.5) is 0 Å². The van der Waals surface area contributed by atoms with Crippen molar-refractivity contribution in [2.45, 2.75) is 39.1 Å². The molecule has 1 saturated heterocycles. The second-order valence-electron chi connectivity index (χ2n) is 7.34. The minimum atomic E-state index is -0.333. The summed E-state index contributed by atoms with van der Waals surface area (Å²) in [6.07, 6.45) is 0. The van der Waals surface area contributed by atoms with Crippen LogP contribution >= 0.6 is 0 Å². The first kappa shape index (κ1) is 20.3. The molecule has 0 spiro atoms. The highest BCUT2D eigenvalue weighted by atomic mass is 16.5. The molecule has 1 aromatic carbocycles. The zero-order valence-electron chi connectivity index (χ0n) is 17.0. The third-order valence-corrected chi connectivity index (χ3v) is 5.29. The summed E-state index contributed by atoms with van der Waals surface area (Å²) in [7, 11) is 3.25. The van der Waals surface area contributed by atoms with E-state index in [4.69, 9.17) is 4.74 Å². The molecule has 1 atom stereocenters. The Bertz CT molecular complexity index is 847. The number of carbonyl (C=O) groups is 2. The third-order valence-electron chi connectivity index (χ3n) is 5.29. The SMILES string of the molecule is CNC(=O)[C@H]1CN(C(=O)Cn2c(COC)nc3ccccc32)CCN1C(C)C. The lowest BCUT2D eigenvalue weighted by Crippen LogP contribution is -2.61. The molecule has 1 N–H and O–H groups in total. The molecule has 2 amide bonds. The predicted octanol–water partition coefficient (Wildman–Crippen LogP) is 0.850. The summed E-state index contributed by atoms with van der Waals surface area (Å²) >= 11 is 0. The van der Waals surface area contributed by atoms with Crippen LogP contribution in [0.2, 0.25) is 0 Å². The number of aromatic nitrogens is 2. The van der Waals surface area contributed by atoms with E-state index in [0.29, 0.717) is 26.2 Å². The van der Waals surface area contributed by atoms with Gasteiger partial charge in [-0.2, -0.15) is 0 Å². The quantitative estimate of drug-likeness (QED) is 0.795. The molecule has 0 radical (unpaired) electrons. The van der Waals surface area contributed by atoms with Gasteiger partial charge in [-0.25, -0.2) is 4.98 Å². The highest BCUT2D eigenvalue weighted by molar-refractivity contribution is 5.84. The highest BCUT2D eigenvalue weighted by Crippen LogP contribution is 2.19. The number of piperazine rings is 1. The molecule has 1 aliphatic rings. The van der Waals surface area contributed by atoms with Gasteiger partial charge >= 0.3 is 0 Å². The van der Waals surface area contributed by atoms with E-state index in [1.54, 1.807) is 19.1 Å². The Labute approximate surface area is 165 Å². The van der Waals surface area contributed by atoms with Crippen LogP contribution in [0, 0.1) is 0 Å². The van der Waals surface area contributed by atoms with Crippen LogP contribution in [0.3, 0.4) is 0 Å². The summed E-state index contributed by atoms with van der Waals surface area (Å²) in [5, 5.41) is 2.72. The van der Waals surface area contributed by atoms with Crippen LogP contribution in [0.5, 0.6) is 0 Å². The number of likely N-dealkylation sites (N-methyl/N-ethyl adjacent to an activating group) is 1. The zero-order chi connectivity index (χ0) is 20.3. The van der Waals surface area contributed by atoms with Crippen molar-refractivity contribution >= 4 is 22.8 Å². The summed E-state index contributed by atoms with van der Waals surface area (Å²) in [5.41, 5.74) is 1.75. The van der Waals surface area contributed by atoms with Crippen molar-refractivity contribution in [3.8, 4) is 0 Å². The molecule has 28 heavy (non-hydrogen) atoms. The number of methoxy groups -OCH3 is 1. The lowest BCUT2D eigenvalue weighted by atomic mass is 10.1. The minimum absolute atomic E-state index is 0.0159. The van der Waals surface area contributed by atoms with Gasteiger partial charge in [0.15, 0.2) is 0 Å². The molecule has 0 saturated carbocycles. The maximum Gasteiger partial charge on any atom is 0.242 e. The van der Waals surface area contributed by atoms with Crippen molar-refractivity contribution in [1.82, 2.24) is 24.7 Å². The standard InChI is InChI=1S/C20H29N5O3/c1-14(2)24-10-9-23(11-17(24)20(27)21-3)19(26)12-25-16-8-6-5-7-15(16)22-18(25)13-28-4/h5-8,14,17H,9-13H2,1-4H3,(H,21,27)/t17-/m1/s1. The maximum atomic E-state index is 13.1. The Kier molecular flexibility index (Phi) is 6.31. The van der Waals surface area contributed by atoms with E-state index in [9.17, 15) is 9.59 Å². The van der Waals surface area contributed by atoms with Gasteiger partial charge < -0.3 is 19.5 Å². The summed E-state index contributed by atoms with van der Waals surface area (Å²) in [6, 6.07) is 7.66. The van der Waals surface area contributed by atoms with Gasteiger partial charge in [-0.05, 0) is 26.0 Å². The maximum absolute atomic E-state index is 13.1. The molecular formula is C20H29N5O3. The van der Waals surface area contributed by atoms with Gasteiger partial charge in [0.05, 0.1) is 11.0 Å². The minimum Gasteiger partial charge on any atom is -0.377 e. The smallest absolute Gasteiger partial charge is 0.242 e. The number of hydrogen-bond donors (Lipinski definition) is 1. The number of fused-ring (bicyclic) bond motifs is 1. The Hall–Kier alpha value is -2.45. The summed E-state index contributed by atoms with van der Waals surface area (Å²) in [5.74, 6) is 0.651. The van der Waals surface area contributed by atoms with E-state index in [1.165, 1.54) is 0 Å². The number of ether oxygens (including phenoxy) is 1. The Morgan fingerprint density at radius 1 is 1.29 bits per heavy atom. The third kappa shape index (κ3) is 4.02. The van der Waals surface area contributed by atoms with Crippen molar-refractivity contribution in [2.24, 2.45) is 0 Å². The molecule has 1 aromatic heterocycles. The van der Waals surface area contributed by atoms with Gasteiger partial charge in [-0.15, -0.1) is 0 Å². The number of benzene rings is 1. The predicted molar refractivity (Wildman–Crippen MR) is 107 cm³/mol. The number of carbonyl (C=O) groups excluding carboxylic acids is 2. The Morgan fingerprint density at radius 3 is 2.71 bits per heavy atom. The number of amides is 2. The van der Waals surface area contributed by atoms with Gasteiger partial charge in [-0.1, -0.05) is 12.1 Å². The fraction of sp³-hybridized carbons (Fsp3) is 0.550. The van der Waals surface area contributed by atoms with Gasteiger partial charge in [-0.3, -0.25) is 14.5 Å². The van der Waals surface area contributed by atoms with Crippen molar-refractivity contribution in [1.29, 1.82) is 0 Å². The molecule has 0 aliphatic carbocycles. The topological polar surface area (TPSA) is 79.7 Å². The van der Waals surface area contributed by atoms with Gasteiger partial charge in [0.25, 0.3) is 0 Å². The van der Waals surface area contributed by atoms with Crippen molar-refractivity contribution in [3.63, 3.8) is 0 Å². The molecule has 1 aliphatic heterocycles. The number of hydrogen-bond acceptors (Lipinski definition) is 5. The number of nitrogens with one attached hydrogen (secondary N) is 1. The van der Waals surface area contributed by atoms with Crippen LogP contribution in [-0.2, 0) is 27.5 Å². The van der Waals surface area contributed by atoms with E-state index < -0.39 is 0 Å². The second-order valence-corrected chi connectivity index (χ2v) is 7.34. The van der Waals surface area contributed by atoms with Crippen molar-refractivity contribution in [2.75, 3.05) is 33.8 Å². The number of nitrogens with zero attached hydrogens (tertiary/aromatic N) is 4. The largest absolute Gasteiger partial charge is 0.377 e. The number of para-hydroxylation sites is 2. The second kappa shape index (κ2) is 8.70. The normalized spacial score (nSPS) is 18.0. The van der Waals surface area contributed by atoms with Crippen LogP contribution in [0.1, 0.15) is 19.7 Å². The number of imidazole rings is 1. The van der Waals surface area contributed by atoms with E-state index >= 15 is 0 Å². The molecule has 2 aromatic rings. The Morgan fingerprint density at radius 2 is 2.04 bits per heavy atom. The lowest BCUT2D eigenvalue weighted by molar-refractivity contribution is -0.139. The zero-order valence-corrected chi connectivity index (χ0v) is 17.0. The van der Waals surface area contributed by atoms with Crippen molar-refractivity contribution in [3.05, 3.63) is 30.1 Å². The lowest BCUT2D eigenvalue weighted by Gasteiger charge is -2.42. The first-order valence-corrected chi connectivity index (χ1v) is 9.64. The molecule has 0 unspecified atom stereocenters. The van der Waals surface area contributed by atoms with E-state index in [1.807, 2.05) is 28.8 Å². The van der Waals surface area contributed by atoms with Gasteiger partial charge in [0.1, 0.15) is 25.0 Å². The fourth-order valence-electron chi connectivity index (χ4n) is 3.82. The average molecular weight is 387 g/mol. The van der Waals surface area contributed by atoms with E-state index in [2.05, 4.69) is 29.0 Å². The monoisotopic (exact) mass is 387 g/mol. The molecule has 2 heterocycles. The van der Waals surface area contributed by atoms with E-state index in [-0.39, 0.29) is 30.4 Å². The average Bonchev–Trinajstić information content (AvgIpc) is 3.04. The Balaban J connectivity index is 1.81. The van der Waals surface area contributed by atoms with Gasteiger partial charge in [0, 0.05) is 39.8 Å². The fourth-order valence-corrected chi connectivity index (χ4v) is 3.82. The first-order chi connectivity index (χ1) is 13.5. The molecule has 152 valence electrons. The first-order valence-electron chi connectivity index (χ1n) is 9.64. The van der Waals surface area contributed by atoms with Crippen molar-refractivity contribution < 1.29 is 14.3 Å². The summed E-state index contributed by atoms with van der Waals surface area (Å²) in [6.45, 7) is 6.34. The van der Waals surface area contributed by atoms with Crippen LogP contribution in [0.25, 0.3) is 11.0 Å². The summed E-state index contributed by atoms with van der Waals surface area (Å²) in [4.78, 5) is 34.0. The van der Waals surface area contributed by atoms with E-state index in [0.717, 1.165) is 16.9 Å². The van der Waals surface area contributed by atoms with Crippen LogP contribution in [0.15, 0.2) is 24.3 Å². The molecule has 0 bridgehead atoms.